The van der Waals surface area contributed by atoms with E-state index in [0.29, 0.717) is 19.3 Å². The van der Waals surface area contributed by atoms with Crippen LogP contribution in [0.25, 0.3) is 11.1 Å². The molecule has 5 nitrogen and oxygen atoms in total. The molecule has 2 atom stereocenters. The summed E-state index contributed by atoms with van der Waals surface area (Å²) in [5.74, 6) is 0.0172. The molecule has 0 bridgehead atoms. The van der Waals surface area contributed by atoms with Crippen LogP contribution < -0.4 is 5.32 Å². The van der Waals surface area contributed by atoms with Crippen molar-refractivity contribution < 1.29 is 14.6 Å². The van der Waals surface area contributed by atoms with Gasteiger partial charge in [0.25, 0.3) is 0 Å². The molecule has 1 fully saturated rings. The van der Waals surface area contributed by atoms with Crippen LogP contribution in [0.15, 0.2) is 78.9 Å². The quantitative estimate of drug-likeness (QED) is 0.346. The molecular formula is C32H36N2O3. The summed E-state index contributed by atoms with van der Waals surface area (Å²) in [7, 11) is 0. The maximum Gasteiger partial charge on any atom is 0.250 e. The smallest absolute Gasteiger partial charge is 0.250 e. The minimum Gasteiger partial charge on any atom is -0.386 e. The van der Waals surface area contributed by atoms with Gasteiger partial charge in [-0.2, -0.15) is 5.26 Å². The molecule has 2 N–H and O–H groups in total. The van der Waals surface area contributed by atoms with E-state index in [9.17, 15) is 15.2 Å². The predicted molar refractivity (Wildman–Crippen MR) is 145 cm³/mol. The normalized spacial score (nSPS) is 16.0. The maximum absolute atomic E-state index is 13.2. The minimum absolute atomic E-state index is 0.228. The summed E-state index contributed by atoms with van der Waals surface area (Å²) in [6, 6.07) is 28.2. The fourth-order valence-corrected chi connectivity index (χ4v) is 4.43. The number of ether oxygens (including phenoxy) is 1. The molecule has 0 unspecified atom stereocenters. The molecule has 3 aromatic carbocycles. The average Bonchev–Trinajstić information content (AvgIpc) is 3.66. The van der Waals surface area contributed by atoms with Gasteiger partial charge in [0.05, 0.1) is 11.7 Å². The van der Waals surface area contributed by atoms with Crippen LogP contribution in [0, 0.1) is 17.2 Å². The van der Waals surface area contributed by atoms with Crippen molar-refractivity contribution in [1.29, 1.82) is 5.26 Å². The summed E-state index contributed by atoms with van der Waals surface area (Å²) in [5, 5.41) is 22.8. The molecule has 1 amide bonds. The van der Waals surface area contributed by atoms with E-state index in [2.05, 4.69) is 25.2 Å². The Kier molecular flexibility index (Phi) is 7.82. The highest BCUT2D eigenvalue weighted by atomic mass is 16.5. The van der Waals surface area contributed by atoms with E-state index in [1.54, 1.807) is 13.8 Å². The number of carbonyl (C=O) groups is 1. The molecule has 0 aromatic heterocycles. The van der Waals surface area contributed by atoms with Crippen LogP contribution in [0.2, 0.25) is 0 Å². The second kappa shape index (κ2) is 10.9. The van der Waals surface area contributed by atoms with Gasteiger partial charge in [-0.1, -0.05) is 86.6 Å². The Morgan fingerprint density at radius 3 is 2.22 bits per heavy atom. The first-order valence-electron chi connectivity index (χ1n) is 13.0. The van der Waals surface area contributed by atoms with Gasteiger partial charge in [-0.3, -0.25) is 4.79 Å². The van der Waals surface area contributed by atoms with Crippen molar-refractivity contribution in [2.75, 3.05) is 0 Å². The molecule has 1 saturated carbocycles. The number of hydrogen-bond acceptors (Lipinski definition) is 4. The molecule has 192 valence electrons. The maximum atomic E-state index is 13.2. The Bertz CT molecular complexity index is 1250. The summed E-state index contributed by atoms with van der Waals surface area (Å²) >= 11 is 0. The first-order valence-corrected chi connectivity index (χ1v) is 13.0. The molecular weight excluding hydrogens is 460 g/mol. The van der Waals surface area contributed by atoms with Gasteiger partial charge in [-0.05, 0) is 72.9 Å². The topological polar surface area (TPSA) is 82.3 Å². The van der Waals surface area contributed by atoms with Crippen molar-refractivity contribution in [3.8, 4) is 17.2 Å². The molecule has 0 aliphatic heterocycles. The van der Waals surface area contributed by atoms with Crippen molar-refractivity contribution in [2.24, 2.45) is 5.92 Å². The number of aliphatic hydroxyl groups is 1. The van der Waals surface area contributed by atoms with E-state index in [1.165, 1.54) is 0 Å². The molecule has 4 rings (SSSR count). The molecule has 5 heteroatoms. The van der Waals surface area contributed by atoms with Crippen molar-refractivity contribution in [2.45, 2.75) is 70.3 Å². The van der Waals surface area contributed by atoms with Gasteiger partial charge in [0, 0.05) is 0 Å². The number of nitrogens with zero attached hydrogens (tertiary/aromatic N) is 1. The van der Waals surface area contributed by atoms with Gasteiger partial charge in [0.1, 0.15) is 17.7 Å². The summed E-state index contributed by atoms with van der Waals surface area (Å²) in [4.78, 5) is 13.2. The van der Waals surface area contributed by atoms with Crippen molar-refractivity contribution in [1.82, 2.24) is 5.32 Å². The summed E-state index contributed by atoms with van der Waals surface area (Å²) < 4.78 is 6.57. The zero-order chi connectivity index (χ0) is 26.6. The minimum atomic E-state index is -0.918. The van der Waals surface area contributed by atoms with Crippen molar-refractivity contribution >= 4 is 5.91 Å². The molecule has 0 radical (unpaired) electrons. The third-order valence-corrected chi connectivity index (χ3v) is 6.82. The van der Waals surface area contributed by atoms with Gasteiger partial charge in [-0.25, -0.2) is 0 Å². The van der Waals surface area contributed by atoms with Crippen LogP contribution in [-0.2, 0) is 15.1 Å². The monoisotopic (exact) mass is 496 g/mol. The highest BCUT2D eigenvalue weighted by Gasteiger charge is 2.46. The largest absolute Gasteiger partial charge is 0.386 e. The lowest BCUT2D eigenvalue weighted by Gasteiger charge is -2.27. The van der Waals surface area contributed by atoms with Gasteiger partial charge in [0.15, 0.2) is 0 Å². The number of benzene rings is 3. The molecule has 0 heterocycles. The van der Waals surface area contributed by atoms with E-state index in [-0.39, 0.29) is 11.8 Å². The number of nitrogens with one attached hydrogen (secondary N) is 1. The molecule has 37 heavy (non-hydrogen) atoms. The first kappa shape index (κ1) is 26.6. The number of nitriles is 1. The third kappa shape index (κ3) is 6.65. The fraction of sp³-hybridized carbons (Fsp3) is 0.375. The predicted octanol–water partition coefficient (Wildman–Crippen LogP) is 6.27. The number of hydrogen-bond donors (Lipinski definition) is 2. The Labute approximate surface area is 220 Å². The highest BCUT2D eigenvalue weighted by Crippen LogP contribution is 2.36. The van der Waals surface area contributed by atoms with Crippen LogP contribution >= 0.6 is 0 Å². The van der Waals surface area contributed by atoms with Gasteiger partial charge in [0.2, 0.25) is 5.91 Å². The Hall–Kier alpha value is -3.46. The highest BCUT2D eigenvalue weighted by molar-refractivity contribution is 5.82. The summed E-state index contributed by atoms with van der Waals surface area (Å²) in [6.07, 6.45) is 0.797. The third-order valence-electron chi connectivity index (χ3n) is 6.82. The van der Waals surface area contributed by atoms with Gasteiger partial charge >= 0.3 is 0 Å². The Balaban J connectivity index is 1.63. The summed E-state index contributed by atoms with van der Waals surface area (Å²) in [5.41, 5.74) is 3.15. The van der Waals surface area contributed by atoms with Gasteiger partial charge in [-0.15, -0.1) is 0 Å². The number of carbonyl (C=O) groups excluding carboxylic acids is 1. The zero-order valence-electron chi connectivity index (χ0n) is 22.1. The van der Waals surface area contributed by atoms with E-state index in [1.807, 2.05) is 78.9 Å². The van der Waals surface area contributed by atoms with Crippen molar-refractivity contribution in [3.05, 3.63) is 95.6 Å². The van der Waals surface area contributed by atoms with Crippen LogP contribution in [0.3, 0.4) is 0 Å². The van der Waals surface area contributed by atoms with Crippen LogP contribution in [-0.4, -0.2) is 22.7 Å². The van der Waals surface area contributed by atoms with Gasteiger partial charge < -0.3 is 15.2 Å². The van der Waals surface area contributed by atoms with E-state index >= 15 is 0 Å². The second-order valence-electron chi connectivity index (χ2n) is 11.0. The zero-order valence-corrected chi connectivity index (χ0v) is 22.1. The Morgan fingerprint density at radius 2 is 1.65 bits per heavy atom. The van der Waals surface area contributed by atoms with E-state index in [4.69, 9.17) is 4.74 Å². The van der Waals surface area contributed by atoms with E-state index in [0.717, 1.165) is 27.8 Å². The summed E-state index contributed by atoms with van der Waals surface area (Å²) in [6.45, 7) is 7.69. The standard InChI is InChI=1S/C32H36N2O3/c1-22(2)19-28(30(35)34-32(21-33)17-18-32)37-29(24-9-6-5-7-10-24)25-15-13-23(14-16-25)26-11-8-12-27(20-26)31(3,4)36/h5-16,20,22,28-29,36H,17-19H2,1-4H3,(H,34,35)/t28-,29+/m0/s1. The molecule has 1 aliphatic rings. The lowest BCUT2D eigenvalue weighted by molar-refractivity contribution is -0.137. The lowest BCUT2D eigenvalue weighted by atomic mass is 9.93. The second-order valence-corrected chi connectivity index (χ2v) is 11.0. The first-order chi connectivity index (χ1) is 17.6. The van der Waals surface area contributed by atoms with Crippen LogP contribution in [0.4, 0.5) is 0 Å². The van der Waals surface area contributed by atoms with E-state index < -0.39 is 23.3 Å². The number of amides is 1. The lowest BCUT2D eigenvalue weighted by Crippen LogP contribution is -2.44. The van der Waals surface area contributed by atoms with Crippen LogP contribution in [0.1, 0.15) is 69.8 Å². The van der Waals surface area contributed by atoms with Crippen LogP contribution in [0.5, 0.6) is 0 Å². The number of rotatable bonds is 10. The molecule has 0 spiro atoms. The SMILES string of the molecule is CC(C)C[C@H](O[C@H](c1ccccc1)c1ccc(-c2cccc(C(C)(C)O)c2)cc1)C(=O)NC1(C#N)CC1. The average molecular weight is 497 g/mol. The molecule has 1 aliphatic carbocycles. The molecule has 3 aromatic rings. The fourth-order valence-electron chi connectivity index (χ4n) is 4.43. The molecule has 0 saturated heterocycles. The van der Waals surface area contributed by atoms with Crippen molar-refractivity contribution in [3.63, 3.8) is 0 Å². The Morgan fingerprint density at radius 1 is 1.00 bits per heavy atom.